The highest BCUT2D eigenvalue weighted by Crippen LogP contribution is 2.48. The van der Waals surface area contributed by atoms with Crippen LogP contribution in [-0.4, -0.2) is 19.0 Å². The summed E-state index contributed by atoms with van der Waals surface area (Å²) < 4.78 is 0. The highest BCUT2D eigenvalue weighted by Gasteiger charge is 2.43. The predicted octanol–water partition coefficient (Wildman–Crippen LogP) is 1.81. The lowest BCUT2D eigenvalue weighted by atomic mass is 9.96. The minimum absolute atomic E-state index is 0.238. The summed E-state index contributed by atoms with van der Waals surface area (Å²) in [5.41, 5.74) is 7.38. The van der Waals surface area contributed by atoms with E-state index >= 15 is 0 Å². The number of aliphatic imine (C=N–C) groups is 1. The van der Waals surface area contributed by atoms with Crippen LogP contribution in [0.2, 0.25) is 0 Å². The van der Waals surface area contributed by atoms with Gasteiger partial charge in [0, 0.05) is 12.0 Å². The van der Waals surface area contributed by atoms with Gasteiger partial charge in [-0.25, -0.2) is 0 Å². The predicted molar refractivity (Wildman–Crippen MR) is 72.0 cm³/mol. The van der Waals surface area contributed by atoms with Gasteiger partial charge < -0.3 is 11.1 Å². The van der Waals surface area contributed by atoms with Crippen molar-refractivity contribution in [3.8, 4) is 0 Å². The van der Waals surface area contributed by atoms with Crippen LogP contribution in [0, 0.1) is 0 Å². The highest BCUT2D eigenvalue weighted by molar-refractivity contribution is 5.78. The Morgan fingerprint density at radius 2 is 2.12 bits per heavy atom. The number of rotatable bonds is 5. The summed E-state index contributed by atoms with van der Waals surface area (Å²) in [6.45, 7) is 5.06. The number of benzene rings is 1. The molecule has 0 amide bonds. The molecule has 17 heavy (non-hydrogen) atoms. The number of nitrogens with zero attached hydrogens (tertiary/aromatic N) is 1. The van der Waals surface area contributed by atoms with E-state index in [2.05, 4.69) is 41.2 Å². The van der Waals surface area contributed by atoms with E-state index in [1.54, 1.807) is 6.08 Å². The zero-order chi connectivity index (χ0) is 12.1. The molecular formula is C14H19N3. The maximum atomic E-state index is 5.76. The third-order valence-corrected chi connectivity index (χ3v) is 3.22. The van der Waals surface area contributed by atoms with E-state index in [-0.39, 0.29) is 5.41 Å². The third kappa shape index (κ3) is 2.87. The second-order valence-electron chi connectivity index (χ2n) is 4.52. The second-order valence-corrected chi connectivity index (χ2v) is 4.52. The van der Waals surface area contributed by atoms with Crippen molar-refractivity contribution in [2.45, 2.75) is 18.3 Å². The van der Waals surface area contributed by atoms with E-state index < -0.39 is 0 Å². The Morgan fingerprint density at radius 3 is 2.71 bits per heavy atom. The Balaban J connectivity index is 1.97. The summed E-state index contributed by atoms with van der Waals surface area (Å²) in [5.74, 6) is 0.507. The molecule has 0 heterocycles. The van der Waals surface area contributed by atoms with Crippen molar-refractivity contribution in [1.29, 1.82) is 0 Å². The monoisotopic (exact) mass is 229 g/mol. The molecule has 0 atom stereocenters. The van der Waals surface area contributed by atoms with Crippen LogP contribution in [0.3, 0.4) is 0 Å². The summed E-state index contributed by atoms with van der Waals surface area (Å²) in [4.78, 5) is 4.41. The first-order chi connectivity index (χ1) is 8.27. The van der Waals surface area contributed by atoms with E-state index in [0.29, 0.717) is 12.5 Å². The van der Waals surface area contributed by atoms with Gasteiger partial charge in [0.25, 0.3) is 0 Å². The van der Waals surface area contributed by atoms with Gasteiger partial charge in [0.15, 0.2) is 5.96 Å². The number of hydrogen-bond acceptors (Lipinski definition) is 1. The molecule has 2 rings (SSSR count). The highest BCUT2D eigenvalue weighted by atomic mass is 15.1. The number of nitrogens with one attached hydrogen (secondary N) is 1. The minimum Gasteiger partial charge on any atom is -0.370 e. The molecule has 0 unspecified atom stereocenters. The molecule has 1 aromatic carbocycles. The Bertz CT molecular complexity index is 405. The van der Waals surface area contributed by atoms with Crippen LogP contribution in [0.1, 0.15) is 18.4 Å². The molecule has 0 aromatic heterocycles. The Labute approximate surface area is 102 Å². The SMILES string of the molecule is C=CCNC(N)=NCC1(c2ccccc2)CC1. The molecule has 3 heteroatoms. The molecule has 90 valence electrons. The van der Waals surface area contributed by atoms with Crippen molar-refractivity contribution >= 4 is 5.96 Å². The van der Waals surface area contributed by atoms with Crippen molar-refractivity contribution in [2.75, 3.05) is 13.1 Å². The van der Waals surface area contributed by atoms with Crippen molar-refractivity contribution in [3.05, 3.63) is 48.6 Å². The molecule has 0 spiro atoms. The van der Waals surface area contributed by atoms with Crippen LogP contribution in [-0.2, 0) is 5.41 Å². The van der Waals surface area contributed by atoms with Crippen LogP contribution >= 0.6 is 0 Å². The first-order valence-corrected chi connectivity index (χ1v) is 5.97. The summed E-state index contributed by atoms with van der Waals surface area (Å²) in [7, 11) is 0. The zero-order valence-corrected chi connectivity index (χ0v) is 10.0. The number of nitrogens with two attached hydrogens (primary N) is 1. The Hall–Kier alpha value is -1.77. The molecule has 1 aliphatic rings. The fourth-order valence-electron chi connectivity index (χ4n) is 1.95. The molecule has 0 saturated heterocycles. The lowest BCUT2D eigenvalue weighted by Gasteiger charge is -2.13. The van der Waals surface area contributed by atoms with Gasteiger partial charge in [-0.05, 0) is 18.4 Å². The van der Waals surface area contributed by atoms with Gasteiger partial charge in [0.1, 0.15) is 0 Å². The van der Waals surface area contributed by atoms with Gasteiger partial charge in [0.05, 0.1) is 6.54 Å². The van der Waals surface area contributed by atoms with Gasteiger partial charge in [0.2, 0.25) is 0 Å². The average Bonchev–Trinajstić information content (AvgIpc) is 3.16. The van der Waals surface area contributed by atoms with Crippen molar-refractivity contribution in [2.24, 2.45) is 10.7 Å². The van der Waals surface area contributed by atoms with E-state index in [1.165, 1.54) is 18.4 Å². The van der Waals surface area contributed by atoms with E-state index in [1.807, 2.05) is 6.07 Å². The molecular weight excluding hydrogens is 210 g/mol. The van der Waals surface area contributed by atoms with Crippen molar-refractivity contribution < 1.29 is 0 Å². The Morgan fingerprint density at radius 1 is 1.41 bits per heavy atom. The number of hydrogen-bond donors (Lipinski definition) is 2. The van der Waals surface area contributed by atoms with Crippen molar-refractivity contribution in [1.82, 2.24) is 5.32 Å². The first kappa shape index (κ1) is 11.7. The lowest BCUT2D eigenvalue weighted by Crippen LogP contribution is -2.32. The minimum atomic E-state index is 0.238. The summed E-state index contributed by atoms with van der Waals surface area (Å²) in [6.07, 6.45) is 4.18. The van der Waals surface area contributed by atoms with Crippen LogP contribution in [0.15, 0.2) is 48.0 Å². The first-order valence-electron chi connectivity index (χ1n) is 5.97. The van der Waals surface area contributed by atoms with E-state index in [9.17, 15) is 0 Å². The Kier molecular flexibility index (Phi) is 3.47. The van der Waals surface area contributed by atoms with E-state index in [4.69, 9.17) is 5.73 Å². The fraction of sp³-hybridized carbons (Fsp3) is 0.357. The summed E-state index contributed by atoms with van der Waals surface area (Å²) >= 11 is 0. The normalized spacial score (nSPS) is 17.5. The lowest BCUT2D eigenvalue weighted by molar-refractivity contribution is 0.702. The zero-order valence-electron chi connectivity index (χ0n) is 10.0. The number of guanidine groups is 1. The van der Waals surface area contributed by atoms with Gasteiger partial charge in [-0.3, -0.25) is 4.99 Å². The molecule has 0 radical (unpaired) electrons. The largest absolute Gasteiger partial charge is 0.370 e. The molecule has 1 aromatic rings. The smallest absolute Gasteiger partial charge is 0.188 e. The van der Waals surface area contributed by atoms with Crippen molar-refractivity contribution in [3.63, 3.8) is 0 Å². The van der Waals surface area contributed by atoms with Crippen LogP contribution in [0.5, 0.6) is 0 Å². The maximum Gasteiger partial charge on any atom is 0.188 e. The summed E-state index contributed by atoms with van der Waals surface area (Å²) in [6, 6.07) is 10.6. The van der Waals surface area contributed by atoms with Gasteiger partial charge in [-0.15, -0.1) is 6.58 Å². The topological polar surface area (TPSA) is 50.4 Å². The fourth-order valence-corrected chi connectivity index (χ4v) is 1.95. The van der Waals surface area contributed by atoms with Gasteiger partial charge in [-0.1, -0.05) is 36.4 Å². The van der Waals surface area contributed by atoms with Crippen LogP contribution < -0.4 is 11.1 Å². The molecule has 1 aliphatic carbocycles. The molecule has 1 saturated carbocycles. The molecule has 3 N–H and O–H groups in total. The van der Waals surface area contributed by atoms with Gasteiger partial charge in [-0.2, -0.15) is 0 Å². The van der Waals surface area contributed by atoms with Crippen LogP contribution in [0.25, 0.3) is 0 Å². The second kappa shape index (κ2) is 5.04. The standard InChI is InChI=1S/C14H19N3/c1-2-10-16-13(15)17-11-14(8-9-14)12-6-4-3-5-7-12/h2-7H,1,8-11H2,(H3,15,16,17). The quantitative estimate of drug-likeness (QED) is 0.459. The molecule has 0 bridgehead atoms. The van der Waals surface area contributed by atoms with Crippen LogP contribution in [0.4, 0.5) is 0 Å². The molecule has 1 fully saturated rings. The van der Waals surface area contributed by atoms with E-state index in [0.717, 1.165) is 6.54 Å². The average molecular weight is 229 g/mol. The third-order valence-electron chi connectivity index (χ3n) is 3.22. The maximum absolute atomic E-state index is 5.76. The summed E-state index contributed by atoms with van der Waals surface area (Å²) in [5, 5.41) is 2.99. The molecule has 0 aliphatic heterocycles. The molecule has 3 nitrogen and oxygen atoms in total. The van der Waals surface area contributed by atoms with Gasteiger partial charge >= 0.3 is 0 Å².